The number of aliphatic hydroxyl groups excluding tert-OH is 1. The number of carbonyl (C=O) groups is 2. The molecule has 10 nitrogen and oxygen atoms in total. The van der Waals surface area contributed by atoms with Gasteiger partial charge in [0.25, 0.3) is 5.69 Å². The first-order valence-electron chi connectivity index (χ1n) is 14.1. The van der Waals surface area contributed by atoms with Crippen molar-refractivity contribution in [3.63, 3.8) is 0 Å². The Labute approximate surface area is 262 Å². The first kappa shape index (κ1) is 30.4. The van der Waals surface area contributed by atoms with E-state index in [1.54, 1.807) is 30.3 Å². The number of rotatable bonds is 9. The number of fused-ring (bicyclic) bond motifs is 2. The fraction of sp³-hybridized carbons (Fsp3) is 0.355. The highest BCUT2D eigenvalue weighted by atomic mass is 35.5. The highest BCUT2D eigenvalue weighted by molar-refractivity contribution is 6.31. The van der Waals surface area contributed by atoms with Crippen LogP contribution in [0.2, 0.25) is 10.0 Å². The highest BCUT2D eigenvalue weighted by Gasteiger charge is 2.67. The predicted molar refractivity (Wildman–Crippen MR) is 161 cm³/mol. The van der Waals surface area contributed by atoms with Gasteiger partial charge in [-0.2, -0.15) is 0 Å². The van der Waals surface area contributed by atoms with E-state index < -0.39 is 52.8 Å². The molecule has 230 valence electrons. The number of nitro groups is 1. The summed E-state index contributed by atoms with van der Waals surface area (Å²) >= 11 is 12.6. The quantitative estimate of drug-likeness (QED) is 0.169. The fourth-order valence-corrected chi connectivity index (χ4v) is 7.24. The standard InChI is InChI=1S/C31H29Cl2FN4O6/c1-44-29(40)17-7-10-24(38(42)43)18(11-17)13-35-28-25(15-39)37(14-16-5-6-16)31(26(28)20-3-2-4-22(33)27(20)34)21-9-8-19(32)12-23(21)36-30(31)41/h2-4,7-12,16,25-26,28,35,39H,5-6,13-15H2,1H3,(H,36,41)/t25-,26-,28+,31+/m1/s1. The van der Waals surface area contributed by atoms with Crippen LogP contribution >= 0.6 is 23.2 Å². The summed E-state index contributed by atoms with van der Waals surface area (Å²) in [6.45, 7) is -0.0791. The van der Waals surface area contributed by atoms with Crippen LogP contribution in [0.1, 0.15) is 45.8 Å². The zero-order chi connectivity index (χ0) is 31.3. The molecule has 6 rings (SSSR count). The first-order valence-corrected chi connectivity index (χ1v) is 14.9. The summed E-state index contributed by atoms with van der Waals surface area (Å²) in [4.78, 5) is 39.9. The third-order valence-electron chi connectivity index (χ3n) is 8.94. The number of hydrogen-bond acceptors (Lipinski definition) is 8. The molecule has 44 heavy (non-hydrogen) atoms. The molecule has 1 amide bonds. The number of aliphatic hydroxyl groups is 1. The summed E-state index contributed by atoms with van der Waals surface area (Å²) in [5, 5.41) is 29.4. The van der Waals surface area contributed by atoms with E-state index in [0.717, 1.165) is 12.8 Å². The Balaban J connectivity index is 1.53. The molecule has 0 radical (unpaired) electrons. The van der Waals surface area contributed by atoms with Gasteiger partial charge < -0.3 is 20.5 Å². The molecule has 2 fully saturated rings. The second kappa shape index (κ2) is 11.7. The van der Waals surface area contributed by atoms with E-state index in [9.17, 15) is 24.8 Å². The van der Waals surface area contributed by atoms with Crippen LogP contribution < -0.4 is 10.6 Å². The third kappa shape index (κ3) is 4.93. The molecule has 0 aromatic heterocycles. The summed E-state index contributed by atoms with van der Waals surface area (Å²) in [6.07, 6.45) is 1.89. The first-order chi connectivity index (χ1) is 21.1. The Hall–Kier alpha value is -3.61. The summed E-state index contributed by atoms with van der Waals surface area (Å²) in [5.41, 5.74) is -0.200. The largest absolute Gasteiger partial charge is 0.465 e. The van der Waals surface area contributed by atoms with Crippen LogP contribution in [-0.4, -0.2) is 59.2 Å². The molecule has 3 aliphatic rings. The van der Waals surface area contributed by atoms with Crippen molar-refractivity contribution in [3.05, 3.63) is 103 Å². The van der Waals surface area contributed by atoms with Crippen LogP contribution in [0.3, 0.4) is 0 Å². The number of esters is 1. The Morgan fingerprint density at radius 2 is 2.00 bits per heavy atom. The molecular weight excluding hydrogens is 614 g/mol. The van der Waals surface area contributed by atoms with Crippen LogP contribution in [0, 0.1) is 21.8 Å². The molecule has 2 aliphatic heterocycles. The van der Waals surface area contributed by atoms with Crippen molar-refractivity contribution in [3.8, 4) is 0 Å². The maximum Gasteiger partial charge on any atom is 0.337 e. The summed E-state index contributed by atoms with van der Waals surface area (Å²) in [6, 6.07) is 12.0. The van der Waals surface area contributed by atoms with E-state index in [2.05, 4.69) is 10.6 Å². The molecule has 0 bridgehead atoms. The maximum atomic E-state index is 16.0. The Morgan fingerprint density at radius 3 is 2.68 bits per heavy atom. The molecule has 1 aliphatic carbocycles. The molecule has 3 aromatic rings. The van der Waals surface area contributed by atoms with Crippen molar-refractivity contribution < 1.29 is 28.7 Å². The van der Waals surface area contributed by atoms with Crippen molar-refractivity contribution in [1.82, 2.24) is 10.2 Å². The second-order valence-corrected chi connectivity index (χ2v) is 12.2. The average Bonchev–Trinajstić information content (AvgIpc) is 3.73. The van der Waals surface area contributed by atoms with Gasteiger partial charge >= 0.3 is 5.97 Å². The highest BCUT2D eigenvalue weighted by Crippen LogP contribution is 2.58. The number of hydrogen-bond donors (Lipinski definition) is 3. The summed E-state index contributed by atoms with van der Waals surface area (Å²) in [7, 11) is 1.21. The zero-order valence-electron chi connectivity index (χ0n) is 23.6. The van der Waals surface area contributed by atoms with E-state index >= 15 is 4.39 Å². The molecule has 1 spiro atoms. The van der Waals surface area contributed by atoms with Gasteiger partial charge in [0.2, 0.25) is 5.91 Å². The lowest BCUT2D eigenvalue weighted by Crippen LogP contribution is -2.53. The van der Waals surface area contributed by atoms with Gasteiger partial charge in [-0.3, -0.25) is 19.8 Å². The number of ether oxygens (including phenoxy) is 1. The molecule has 1 saturated carbocycles. The Morgan fingerprint density at radius 1 is 1.23 bits per heavy atom. The van der Waals surface area contributed by atoms with Crippen LogP contribution in [0.25, 0.3) is 0 Å². The van der Waals surface area contributed by atoms with E-state index in [-0.39, 0.29) is 39.9 Å². The number of nitrogens with zero attached hydrogens (tertiary/aromatic N) is 2. The van der Waals surface area contributed by atoms with Gasteiger partial charge in [-0.15, -0.1) is 0 Å². The van der Waals surface area contributed by atoms with Crippen LogP contribution in [0.15, 0.2) is 54.6 Å². The summed E-state index contributed by atoms with van der Waals surface area (Å²) < 4.78 is 20.8. The molecule has 3 N–H and O–H groups in total. The average molecular weight is 643 g/mol. The lowest BCUT2D eigenvalue weighted by molar-refractivity contribution is -0.385. The maximum absolute atomic E-state index is 16.0. The number of nitro benzene ring substituents is 1. The van der Waals surface area contributed by atoms with Crippen LogP contribution in [-0.2, 0) is 21.6 Å². The smallest absolute Gasteiger partial charge is 0.337 e. The van der Waals surface area contributed by atoms with Gasteiger partial charge in [0.1, 0.15) is 11.4 Å². The lowest BCUT2D eigenvalue weighted by atomic mass is 9.73. The topological polar surface area (TPSA) is 134 Å². The molecule has 2 heterocycles. The van der Waals surface area contributed by atoms with Gasteiger partial charge in [0, 0.05) is 53.0 Å². The minimum atomic E-state index is -1.47. The molecule has 13 heteroatoms. The number of halogens is 3. The van der Waals surface area contributed by atoms with E-state index in [1.165, 1.54) is 31.4 Å². The minimum absolute atomic E-state index is 0.116. The number of carbonyl (C=O) groups excluding carboxylic acids is 2. The number of benzene rings is 3. The number of nitrogens with one attached hydrogen (secondary N) is 2. The SMILES string of the molecule is COC(=O)c1ccc([N+](=O)[O-])c(CN[C@H]2[C@@H](CO)N(CC3CC3)[C@]3(C(=O)Nc4cc(Cl)ccc43)[C@@H]2c2cccc(Cl)c2F)c1. The van der Waals surface area contributed by atoms with Crippen molar-refractivity contribution in [1.29, 1.82) is 0 Å². The number of methoxy groups -OCH3 is 1. The lowest BCUT2D eigenvalue weighted by Gasteiger charge is -2.39. The van der Waals surface area contributed by atoms with Gasteiger partial charge in [-0.1, -0.05) is 41.4 Å². The molecule has 1 saturated heterocycles. The van der Waals surface area contributed by atoms with Crippen molar-refractivity contribution in [2.45, 2.75) is 42.9 Å². The van der Waals surface area contributed by atoms with E-state index in [0.29, 0.717) is 22.8 Å². The normalized spacial score (nSPS) is 24.4. The zero-order valence-corrected chi connectivity index (χ0v) is 25.1. The second-order valence-electron chi connectivity index (χ2n) is 11.4. The molecule has 0 unspecified atom stereocenters. The summed E-state index contributed by atoms with van der Waals surface area (Å²) in [5.74, 6) is -2.44. The number of amides is 1. The van der Waals surface area contributed by atoms with Crippen LogP contribution in [0.5, 0.6) is 0 Å². The van der Waals surface area contributed by atoms with Gasteiger partial charge in [-0.05, 0) is 54.7 Å². The molecule has 3 aromatic carbocycles. The van der Waals surface area contributed by atoms with Gasteiger partial charge in [0.05, 0.1) is 35.3 Å². The Bertz CT molecular complexity index is 1670. The monoisotopic (exact) mass is 642 g/mol. The van der Waals surface area contributed by atoms with Gasteiger partial charge in [-0.25, -0.2) is 9.18 Å². The third-order valence-corrected chi connectivity index (χ3v) is 9.47. The van der Waals surface area contributed by atoms with E-state index in [1.807, 2.05) is 4.90 Å². The molecular formula is C31H29Cl2FN4O6. The van der Waals surface area contributed by atoms with Crippen molar-refractivity contribution >= 4 is 46.5 Å². The Kier molecular flexibility index (Phi) is 8.10. The predicted octanol–water partition coefficient (Wildman–Crippen LogP) is 5.00. The van der Waals surface area contributed by atoms with Crippen LogP contribution in [0.4, 0.5) is 15.8 Å². The van der Waals surface area contributed by atoms with Crippen molar-refractivity contribution in [2.75, 3.05) is 25.6 Å². The minimum Gasteiger partial charge on any atom is -0.465 e. The molecule has 4 atom stereocenters. The fourth-order valence-electron chi connectivity index (χ4n) is 6.88. The number of likely N-dealkylation sites (tertiary alicyclic amines) is 1. The number of anilines is 1. The van der Waals surface area contributed by atoms with E-state index in [4.69, 9.17) is 27.9 Å². The van der Waals surface area contributed by atoms with Gasteiger partial charge in [0.15, 0.2) is 0 Å². The van der Waals surface area contributed by atoms with Crippen molar-refractivity contribution in [2.24, 2.45) is 5.92 Å².